The van der Waals surface area contributed by atoms with Crippen LogP contribution in [0.5, 0.6) is 0 Å². The van der Waals surface area contributed by atoms with Crippen molar-refractivity contribution in [1.29, 1.82) is 0 Å². The summed E-state index contributed by atoms with van der Waals surface area (Å²) in [5, 5.41) is 10.4. The first-order chi connectivity index (χ1) is 19.5. The summed E-state index contributed by atoms with van der Waals surface area (Å²) < 4.78 is 9.66. The molecule has 0 saturated heterocycles. The summed E-state index contributed by atoms with van der Waals surface area (Å²) in [6.45, 7) is 2.13. The number of pyridine rings is 2. The van der Waals surface area contributed by atoms with Gasteiger partial charge in [0.25, 0.3) is 0 Å². The molecule has 0 bridgehead atoms. The zero-order valence-corrected chi connectivity index (χ0v) is 22.3. The van der Waals surface area contributed by atoms with Crippen molar-refractivity contribution in [3.05, 3.63) is 107 Å². The number of fused-ring (bicyclic) bond motifs is 1. The second-order valence-electron chi connectivity index (χ2n) is 9.72. The minimum Gasteiger partial charge on any atom is -0.377 e. The molecule has 0 unspecified atom stereocenters. The average Bonchev–Trinajstić information content (AvgIpc) is 3.72. The van der Waals surface area contributed by atoms with Gasteiger partial charge in [-0.1, -0.05) is 60.8 Å². The van der Waals surface area contributed by atoms with Crippen molar-refractivity contribution in [2.24, 2.45) is 0 Å². The van der Waals surface area contributed by atoms with Gasteiger partial charge in [-0.3, -0.25) is 15.0 Å². The highest BCUT2D eigenvalue weighted by Crippen LogP contribution is 2.38. The third-order valence-electron chi connectivity index (χ3n) is 7.03. The molecule has 39 heavy (non-hydrogen) atoms. The Balaban J connectivity index is 1.44. The first-order valence-corrected chi connectivity index (χ1v) is 13.5. The molecule has 1 saturated carbocycles. The summed E-state index contributed by atoms with van der Waals surface area (Å²) in [7, 11) is 0. The molecule has 2 aromatic heterocycles. The van der Waals surface area contributed by atoms with Gasteiger partial charge >= 0.3 is 0 Å². The molecule has 2 aromatic carbocycles. The van der Waals surface area contributed by atoms with Crippen molar-refractivity contribution >= 4 is 33.9 Å². The van der Waals surface area contributed by atoms with E-state index in [1.54, 1.807) is 24.7 Å². The predicted molar refractivity (Wildman–Crippen MR) is 158 cm³/mol. The smallest absolute Gasteiger partial charge is 0.0959 e. The maximum atomic E-state index is 9.66. The van der Waals surface area contributed by atoms with E-state index in [4.69, 9.17) is 18.0 Å². The van der Waals surface area contributed by atoms with Crippen molar-refractivity contribution < 1.29 is 1.37 Å². The fourth-order valence-corrected chi connectivity index (χ4v) is 5.10. The van der Waals surface area contributed by atoms with Crippen LogP contribution in [0.15, 0.2) is 85.1 Å². The summed E-state index contributed by atoms with van der Waals surface area (Å²) in [6, 6.07) is 16.8. The average molecular weight is 537 g/mol. The molecule has 8 heteroatoms. The summed E-state index contributed by atoms with van der Waals surface area (Å²) in [5.41, 5.74) is 11.6. The van der Waals surface area contributed by atoms with Crippen LogP contribution in [0.3, 0.4) is 0 Å². The Kier molecular flexibility index (Phi) is 6.63. The Bertz CT molecular complexity index is 1600. The van der Waals surface area contributed by atoms with Crippen LogP contribution >= 0.6 is 11.6 Å². The van der Waals surface area contributed by atoms with E-state index in [0.29, 0.717) is 39.1 Å². The molecular formula is C31H30ClN7. The minimum absolute atomic E-state index is 0.0345. The van der Waals surface area contributed by atoms with E-state index in [2.05, 4.69) is 56.5 Å². The third kappa shape index (κ3) is 5.22. The number of anilines is 2. The number of hydrogen-bond donors (Lipinski definition) is 4. The minimum atomic E-state index is -1.39. The summed E-state index contributed by atoms with van der Waals surface area (Å²) in [4.78, 5) is 8.88. The number of nitrogens with zero attached hydrogens (tertiary/aromatic N) is 3. The van der Waals surface area contributed by atoms with Gasteiger partial charge in [0.1, 0.15) is 0 Å². The fraction of sp³-hybridized carbons (Fsp3) is 0.226. The van der Waals surface area contributed by atoms with Crippen LogP contribution in [-0.4, -0.2) is 21.0 Å². The number of halogens is 1. The Morgan fingerprint density at radius 1 is 1.15 bits per heavy atom. The standard InChI is InChI=1S/C31H30ClN7/c1-3-20-18-34-31-25(29(20)36-27(4-2)21-9-6-5-7-10-21)15-23(16-26(31)32)35-30(22-11-8-14-33-17-22)28-19-39(38-37-28)24-12-13-24/h1,5-11,14-19,24,27,30,35,37-38H,4,12-13H2,2H3,(H,34,36)/t27-,30-/m1/s1/i30D. The lowest BCUT2D eigenvalue weighted by Crippen LogP contribution is -2.38. The van der Waals surface area contributed by atoms with Crippen LogP contribution in [0.25, 0.3) is 10.9 Å². The zero-order valence-electron chi connectivity index (χ0n) is 22.6. The van der Waals surface area contributed by atoms with Crippen LogP contribution in [0.4, 0.5) is 11.4 Å². The number of rotatable bonds is 9. The molecule has 4 N–H and O–H groups in total. The van der Waals surface area contributed by atoms with Crippen LogP contribution in [-0.2, 0) is 0 Å². The van der Waals surface area contributed by atoms with Gasteiger partial charge in [0, 0.05) is 41.9 Å². The molecule has 3 heterocycles. The lowest BCUT2D eigenvalue weighted by Gasteiger charge is -2.23. The molecular weight excluding hydrogens is 506 g/mol. The Morgan fingerprint density at radius 3 is 2.69 bits per heavy atom. The van der Waals surface area contributed by atoms with Crippen molar-refractivity contribution in [3.8, 4) is 12.3 Å². The van der Waals surface area contributed by atoms with Crippen LogP contribution < -0.4 is 21.6 Å². The van der Waals surface area contributed by atoms with Gasteiger partial charge < -0.3 is 16.1 Å². The van der Waals surface area contributed by atoms with Gasteiger partial charge in [-0.25, -0.2) is 0 Å². The summed E-state index contributed by atoms with van der Waals surface area (Å²) in [5.74, 6) is 2.78. The monoisotopic (exact) mass is 536 g/mol. The first kappa shape index (κ1) is 23.8. The molecule has 0 amide bonds. The lowest BCUT2D eigenvalue weighted by atomic mass is 10.0. The SMILES string of the molecule is [2H][C@](Nc1cc(Cl)c2ncc(C#C)c(N[C@H](CC)c3ccccc3)c2c1)(C1=CN(C2CC2)NN1)c1cccnc1. The van der Waals surface area contributed by atoms with Crippen LogP contribution in [0.1, 0.15) is 56.3 Å². The second kappa shape index (κ2) is 10.9. The summed E-state index contributed by atoms with van der Waals surface area (Å²) >= 11 is 6.82. The maximum Gasteiger partial charge on any atom is 0.0959 e. The number of nitrogens with one attached hydrogen (secondary N) is 4. The highest BCUT2D eigenvalue weighted by molar-refractivity contribution is 6.35. The largest absolute Gasteiger partial charge is 0.377 e. The van der Waals surface area contributed by atoms with Crippen molar-refractivity contribution in [3.63, 3.8) is 0 Å². The van der Waals surface area contributed by atoms with Gasteiger partial charge in [-0.05, 0) is 48.6 Å². The Labute approximate surface area is 235 Å². The van der Waals surface area contributed by atoms with Crippen molar-refractivity contribution in [2.45, 2.75) is 44.3 Å². The van der Waals surface area contributed by atoms with Gasteiger partial charge in [-0.15, -0.1) is 12.0 Å². The lowest BCUT2D eigenvalue weighted by molar-refractivity contribution is 0.260. The molecule has 4 aromatic rings. The van der Waals surface area contributed by atoms with E-state index in [0.717, 1.165) is 35.9 Å². The van der Waals surface area contributed by atoms with Crippen LogP contribution in [0, 0.1) is 12.3 Å². The van der Waals surface area contributed by atoms with Crippen molar-refractivity contribution in [1.82, 2.24) is 25.9 Å². The molecule has 1 aliphatic heterocycles. The zero-order chi connectivity index (χ0) is 27.7. The molecule has 2 atom stereocenters. The molecule has 0 radical (unpaired) electrons. The topological polar surface area (TPSA) is 77.1 Å². The van der Waals surface area contributed by atoms with E-state index in [-0.39, 0.29) is 6.04 Å². The third-order valence-corrected chi connectivity index (χ3v) is 7.31. The van der Waals surface area contributed by atoms with Gasteiger partial charge in [0.05, 0.1) is 40.9 Å². The number of hydrogen-bond acceptors (Lipinski definition) is 7. The van der Waals surface area contributed by atoms with E-state index in [1.165, 1.54) is 0 Å². The molecule has 7 nitrogen and oxygen atoms in total. The van der Waals surface area contributed by atoms with E-state index in [9.17, 15) is 1.37 Å². The summed E-state index contributed by atoms with van der Waals surface area (Å²) in [6.07, 6.45) is 16.0. The van der Waals surface area contributed by atoms with Gasteiger partial charge in [0.2, 0.25) is 0 Å². The first-order valence-electron chi connectivity index (χ1n) is 13.6. The number of benzene rings is 2. The van der Waals surface area contributed by atoms with E-state index < -0.39 is 6.02 Å². The molecule has 1 aliphatic carbocycles. The molecule has 6 rings (SSSR count). The molecule has 2 aliphatic rings. The van der Waals surface area contributed by atoms with E-state index >= 15 is 0 Å². The predicted octanol–water partition coefficient (Wildman–Crippen LogP) is 6.31. The highest BCUT2D eigenvalue weighted by Gasteiger charge is 2.32. The fourth-order valence-electron chi connectivity index (χ4n) is 4.83. The number of terminal acetylenes is 1. The number of aromatic nitrogens is 2. The van der Waals surface area contributed by atoms with Gasteiger partial charge in [0.15, 0.2) is 0 Å². The Hall–Kier alpha value is -4.25. The quantitative estimate of drug-likeness (QED) is 0.187. The normalized spacial score (nSPS) is 17.4. The van der Waals surface area contributed by atoms with Gasteiger partial charge in [-0.2, -0.15) is 0 Å². The van der Waals surface area contributed by atoms with E-state index in [1.807, 2.05) is 47.6 Å². The molecule has 196 valence electrons. The molecule has 1 fully saturated rings. The number of hydrazine groups is 2. The highest BCUT2D eigenvalue weighted by atomic mass is 35.5. The molecule has 0 spiro atoms. The van der Waals surface area contributed by atoms with Crippen LogP contribution in [0.2, 0.25) is 5.02 Å². The Morgan fingerprint density at radius 2 is 1.97 bits per heavy atom. The second-order valence-corrected chi connectivity index (χ2v) is 10.1. The maximum absolute atomic E-state index is 9.66. The van der Waals surface area contributed by atoms with Crippen molar-refractivity contribution in [2.75, 3.05) is 10.6 Å².